The highest BCUT2D eigenvalue weighted by molar-refractivity contribution is 8.45. The van der Waals surface area contributed by atoms with E-state index in [-0.39, 0.29) is 36.7 Å². The number of carbonyl (C=O) groups is 1. The summed E-state index contributed by atoms with van der Waals surface area (Å²) in [5.74, 6) is 0.246. The van der Waals surface area contributed by atoms with Gasteiger partial charge in [0.25, 0.3) is 0 Å². The zero-order valence-electron chi connectivity index (χ0n) is 18.1. The first-order chi connectivity index (χ1) is 15.5. The molecule has 7 N–H and O–H groups in total. The SMILES string of the molecule is CN.NCc1nn(-c2c(Cl)cc(S(F)(F)(F)(F)F)cc2Cl)c(NCC2(N)CC2)c1C1(C=O)CC1. The van der Waals surface area contributed by atoms with Gasteiger partial charge in [0, 0.05) is 24.2 Å². The Hall–Kier alpha value is -1.64. The van der Waals surface area contributed by atoms with Crippen molar-refractivity contribution in [1.29, 1.82) is 0 Å². The molecule has 15 heteroatoms. The highest BCUT2D eigenvalue weighted by Crippen LogP contribution is 3.02. The van der Waals surface area contributed by atoms with Gasteiger partial charge >= 0.3 is 10.2 Å². The first-order valence-corrected chi connectivity index (χ1v) is 12.9. The topological polar surface area (TPSA) is 125 Å². The molecule has 0 radical (unpaired) electrons. The van der Waals surface area contributed by atoms with E-state index in [9.17, 15) is 24.2 Å². The molecule has 1 heterocycles. The van der Waals surface area contributed by atoms with E-state index in [4.69, 9.17) is 34.7 Å². The molecule has 0 aliphatic heterocycles. The van der Waals surface area contributed by atoms with Gasteiger partial charge in [0.15, 0.2) is 0 Å². The quantitative estimate of drug-likeness (QED) is 0.270. The fourth-order valence-corrected chi connectivity index (χ4v) is 5.04. The zero-order chi connectivity index (χ0) is 25.8. The molecule has 0 unspecified atom stereocenters. The first-order valence-electron chi connectivity index (χ1n) is 10.2. The van der Waals surface area contributed by atoms with Crippen LogP contribution in [0.2, 0.25) is 10.0 Å². The largest absolute Gasteiger partial charge is 0.368 e. The second-order valence-corrected chi connectivity index (χ2v) is 11.7. The Kier molecular flexibility index (Phi) is 6.29. The molecule has 2 fully saturated rings. The summed E-state index contributed by atoms with van der Waals surface area (Å²) in [6.07, 6.45) is 3.34. The predicted molar refractivity (Wildman–Crippen MR) is 125 cm³/mol. The van der Waals surface area contributed by atoms with E-state index in [0.29, 0.717) is 24.1 Å². The van der Waals surface area contributed by atoms with Gasteiger partial charge in [0.1, 0.15) is 22.7 Å². The molecule has 0 spiro atoms. The van der Waals surface area contributed by atoms with E-state index in [1.807, 2.05) is 0 Å². The molecule has 2 saturated carbocycles. The standard InChI is InChI=1S/C18H20Cl2F5N5OS.CH5N/c19-11-5-10(32(21,22,23,24)25)6-12(20)15(11)30-16(28-8-18(27)3-4-18)14(13(7-26)29-30)17(9-31)1-2-17;1-2/h5-6,9,28H,1-4,7-8,26-27H2;2H2,1H3. The molecule has 0 atom stereocenters. The normalized spacial score (nSPS) is 19.9. The van der Waals surface area contributed by atoms with Crippen LogP contribution in [-0.4, -0.2) is 35.2 Å². The van der Waals surface area contributed by atoms with E-state index in [1.54, 1.807) is 0 Å². The summed E-state index contributed by atoms with van der Waals surface area (Å²) in [7, 11) is -8.52. The maximum absolute atomic E-state index is 13.3. The number of nitrogens with one attached hydrogen (secondary N) is 1. The van der Waals surface area contributed by atoms with Crippen molar-refractivity contribution < 1.29 is 24.2 Å². The van der Waals surface area contributed by atoms with E-state index in [0.717, 1.165) is 23.8 Å². The minimum absolute atomic E-state index is 0.0842. The lowest BCUT2D eigenvalue weighted by molar-refractivity contribution is -0.109. The minimum Gasteiger partial charge on any atom is -0.368 e. The number of halogens is 7. The predicted octanol–water partition coefficient (Wildman–Crippen LogP) is 5.00. The smallest absolute Gasteiger partial charge is 0.310 e. The Morgan fingerprint density at radius 3 is 2.03 bits per heavy atom. The van der Waals surface area contributed by atoms with Crippen LogP contribution in [0.3, 0.4) is 0 Å². The van der Waals surface area contributed by atoms with Crippen molar-refractivity contribution in [3.05, 3.63) is 33.4 Å². The fourth-order valence-electron chi connectivity index (χ4n) is 3.58. The van der Waals surface area contributed by atoms with Crippen molar-refractivity contribution in [3.8, 4) is 5.69 Å². The van der Waals surface area contributed by atoms with Crippen LogP contribution in [0.15, 0.2) is 17.0 Å². The molecule has 2 aliphatic carbocycles. The highest BCUT2D eigenvalue weighted by Gasteiger charge is 2.65. The van der Waals surface area contributed by atoms with Crippen LogP contribution in [0.1, 0.15) is 36.9 Å². The van der Waals surface area contributed by atoms with E-state index in [2.05, 4.69) is 16.1 Å². The Balaban J connectivity index is 0.00000158. The molecule has 1 aromatic heterocycles. The van der Waals surface area contributed by atoms with Crippen LogP contribution in [0.5, 0.6) is 0 Å². The lowest BCUT2D eigenvalue weighted by atomic mass is 9.96. The van der Waals surface area contributed by atoms with E-state index in [1.165, 1.54) is 7.05 Å². The van der Waals surface area contributed by atoms with Crippen molar-refractivity contribution >= 4 is 45.5 Å². The lowest BCUT2D eigenvalue weighted by Gasteiger charge is -2.40. The number of aldehydes is 1. The Labute approximate surface area is 202 Å². The number of hydrogen-bond acceptors (Lipinski definition) is 6. The molecule has 0 saturated heterocycles. The maximum atomic E-state index is 13.3. The van der Waals surface area contributed by atoms with E-state index < -0.39 is 36.1 Å². The summed E-state index contributed by atoms with van der Waals surface area (Å²) in [6.45, 7) is 0.197. The summed E-state index contributed by atoms with van der Waals surface area (Å²) in [4.78, 5) is 9.63. The van der Waals surface area contributed by atoms with Crippen LogP contribution in [0.4, 0.5) is 25.2 Å². The molecule has 192 valence electrons. The van der Waals surface area contributed by atoms with Gasteiger partial charge in [0.05, 0.1) is 21.2 Å². The zero-order valence-corrected chi connectivity index (χ0v) is 20.4. The molecule has 0 amide bonds. The second-order valence-electron chi connectivity index (χ2n) is 8.48. The Bertz CT molecular complexity index is 1110. The molecule has 2 aromatic rings. The molecule has 2 aliphatic rings. The number of benzene rings is 1. The van der Waals surface area contributed by atoms with E-state index >= 15 is 0 Å². The first kappa shape index (κ1) is 27.0. The summed E-state index contributed by atoms with van der Waals surface area (Å²) < 4.78 is 67.6. The number of hydrogen-bond donors (Lipinski definition) is 4. The number of nitrogens with zero attached hydrogens (tertiary/aromatic N) is 2. The summed E-state index contributed by atoms with van der Waals surface area (Å²) >= 11 is 12.1. The van der Waals surface area contributed by atoms with Gasteiger partial charge in [-0.25, -0.2) is 4.68 Å². The summed E-state index contributed by atoms with van der Waals surface area (Å²) in [6, 6.07) is 0.241. The summed E-state index contributed by atoms with van der Waals surface area (Å²) in [5, 5.41) is 6.06. The molecule has 0 bridgehead atoms. The monoisotopic (exact) mass is 550 g/mol. The third kappa shape index (κ3) is 5.14. The van der Waals surface area contributed by atoms with Crippen LogP contribution in [0, 0.1) is 0 Å². The van der Waals surface area contributed by atoms with Crippen LogP contribution < -0.4 is 22.5 Å². The third-order valence-electron chi connectivity index (χ3n) is 5.81. The number of anilines is 1. The van der Waals surface area contributed by atoms with Crippen LogP contribution >= 0.6 is 33.4 Å². The second kappa shape index (κ2) is 7.93. The van der Waals surface area contributed by atoms with Gasteiger partial charge < -0.3 is 27.3 Å². The maximum Gasteiger partial charge on any atom is 0.310 e. The molecule has 1 aromatic carbocycles. The number of aromatic nitrogens is 2. The van der Waals surface area contributed by atoms with Gasteiger partial charge in [0.2, 0.25) is 0 Å². The average Bonchev–Trinajstić information content (AvgIpc) is 3.65. The number of rotatable bonds is 8. The molecule has 34 heavy (non-hydrogen) atoms. The van der Waals surface area contributed by atoms with Gasteiger partial charge in [-0.1, -0.05) is 42.6 Å². The van der Waals surface area contributed by atoms with Crippen molar-refractivity contribution in [3.63, 3.8) is 0 Å². The third-order valence-corrected chi connectivity index (χ3v) is 7.51. The molecule has 7 nitrogen and oxygen atoms in total. The number of nitrogens with two attached hydrogens (primary N) is 3. The van der Waals surface area contributed by atoms with Gasteiger partial charge in [-0.05, 0) is 44.9 Å². The summed E-state index contributed by atoms with van der Waals surface area (Å²) in [5.41, 5.74) is 15.7. The molecule has 4 rings (SSSR count). The van der Waals surface area contributed by atoms with Crippen molar-refractivity contribution in [1.82, 2.24) is 9.78 Å². The van der Waals surface area contributed by atoms with Crippen molar-refractivity contribution in [2.45, 2.75) is 48.1 Å². The fraction of sp³-hybridized carbons (Fsp3) is 0.474. The average molecular weight is 551 g/mol. The van der Waals surface area contributed by atoms with Crippen molar-refractivity contribution in [2.24, 2.45) is 17.2 Å². The van der Waals surface area contributed by atoms with Gasteiger partial charge in [-0.15, -0.1) is 0 Å². The highest BCUT2D eigenvalue weighted by atomic mass is 35.5. The number of carbonyl (C=O) groups excluding carboxylic acids is 1. The Morgan fingerprint density at radius 1 is 1.12 bits per heavy atom. The molecular formula is C19H25Cl2F5N6OS. The van der Waals surface area contributed by atoms with Crippen LogP contribution in [0.25, 0.3) is 5.69 Å². The Morgan fingerprint density at radius 2 is 1.65 bits per heavy atom. The van der Waals surface area contributed by atoms with Crippen molar-refractivity contribution in [2.75, 3.05) is 18.9 Å². The molecular weight excluding hydrogens is 526 g/mol. The lowest BCUT2D eigenvalue weighted by Crippen LogP contribution is -2.32. The minimum atomic E-state index is -10.0. The van der Waals surface area contributed by atoms with Gasteiger partial charge in [-0.2, -0.15) is 5.10 Å². The van der Waals surface area contributed by atoms with Crippen LogP contribution in [-0.2, 0) is 16.8 Å². The van der Waals surface area contributed by atoms with Gasteiger partial charge in [-0.3, -0.25) is 0 Å².